The molecule has 0 aromatic carbocycles. The van der Waals surface area contributed by atoms with Crippen LogP contribution < -0.4 is 5.32 Å². The van der Waals surface area contributed by atoms with Crippen molar-refractivity contribution in [3.8, 4) is 0 Å². The van der Waals surface area contributed by atoms with Crippen LogP contribution >= 0.6 is 11.3 Å². The first-order chi connectivity index (χ1) is 12.5. The van der Waals surface area contributed by atoms with Gasteiger partial charge < -0.3 is 15.0 Å². The number of ketones is 1. The maximum atomic E-state index is 12.8. The maximum absolute atomic E-state index is 12.8. The largest absolute Gasteiger partial charge is 0.379 e. The summed E-state index contributed by atoms with van der Waals surface area (Å²) in [5, 5.41) is 3.32. The molecule has 2 atom stereocenters. The number of amides is 2. The number of rotatable bonds is 4. The smallest absolute Gasteiger partial charge is 0.229 e. The van der Waals surface area contributed by atoms with E-state index in [4.69, 9.17) is 4.74 Å². The van der Waals surface area contributed by atoms with Crippen molar-refractivity contribution in [2.45, 2.75) is 44.6 Å². The van der Waals surface area contributed by atoms with Crippen molar-refractivity contribution in [2.24, 2.45) is 11.8 Å². The van der Waals surface area contributed by atoms with Gasteiger partial charge in [-0.15, -0.1) is 0 Å². The Bertz CT molecular complexity index is 737. The fourth-order valence-corrected chi connectivity index (χ4v) is 4.68. The molecular weight excluding hydrogens is 354 g/mol. The number of hydrogen-bond acceptors (Lipinski definition) is 6. The third-order valence-electron chi connectivity index (χ3n) is 5.68. The first-order valence-corrected chi connectivity index (χ1v) is 10.0. The van der Waals surface area contributed by atoms with Crippen LogP contribution in [-0.4, -0.2) is 53.8 Å². The Hall–Kier alpha value is -1.80. The summed E-state index contributed by atoms with van der Waals surface area (Å²) in [6.45, 7) is 1.23. The van der Waals surface area contributed by atoms with E-state index in [-0.39, 0.29) is 41.9 Å². The minimum absolute atomic E-state index is 0.0108. The van der Waals surface area contributed by atoms with Crippen LogP contribution in [0, 0.1) is 11.8 Å². The lowest BCUT2D eigenvalue weighted by molar-refractivity contribution is -0.136. The molecule has 0 spiro atoms. The lowest BCUT2D eigenvalue weighted by atomic mass is 9.85. The molecule has 4 rings (SSSR count). The molecule has 8 heteroatoms. The zero-order valence-electron chi connectivity index (χ0n) is 14.8. The minimum Gasteiger partial charge on any atom is -0.379 e. The zero-order valence-corrected chi connectivity index (χ0v) is 15.6. The van der Waals surface area contributed by atoms with Crippen molar-refractivity contribution in [3.63, 3.8) is 0 Å². The summed E-state index contributed by atoms with van der Waals surface area (Å²) in [6.07, 6.45) is 4.43. The van der Waals surface area contributed by atoms with Crippen molar-refractivity contribution in [1.82, 2.24) is 9.88 Å². The van der Waals surface area contributed by atoms with Gasteiger partial charge in [0.1, 0.15) is 0 Å². The molecule has 0 bridgehead atoms. The molecule has 1 aliphatic heterocycles. The van der Waals surface area contributed by atoms with Gasteiger partial charge in [0.25, 0.3) is 0 Å². The predicted octanol–water partition coefficient (Wildman–Crippen LogP) is 1.87. The molecule has 0 radical (unpaired) electrons. The van der Waals surface area contributed by atoms with Gasteiger partial charge in [-0.3, -0.25) is 14.4 Å². The second-order valence-corrected chi connectivity index (χ2v) is 8.41. The normalized spacial score (nSPS) is 25.5. The number of thiazole rings is 1. The Morgan fingerprint density at radius 3 is 2.69 bits per heavy atom. The van der Waals surface area contributed by atoms with Crippen LogP contribution in [0.5, 0.6) is 0 Å². The highest BCUT2D eigenvalue weighted by Crippen LogP contribution is 2.34. The van der Waals surface area contributed by atoms with Crippen molar-refractivity contribution < 1.29 is 19.1 Å². The molecule has 26 heavy (non-hydrogen) atoms. The Morgan fingerprint density at radius 1 is 1.23 bits per heavy atom. The monoisotopic (exact) mass is 377 g/mol. The quantitative estimate of drug-likeness (QED) is 0.865. The number of carbonyl (C=O) groups is 3. The number of anilines is 1. The van der Waals surface area contributed by atoms with Crippen molar-refractivity contribution in [2.75, 3.05) is 25.6 Å². The van der Waals surface area contributed by atoms with E-state index in [1.165, 1.54) is 11.3 Å². The van der Waals surface area contributed by atoms with Gasteiger partial charge in [-0.2, -0.15) is 0 Å². The zero-order chi connectivity index (χ0) is 18.3. The molecule has 7 nitrogen and oxygen atoms in total. The number of hydrogen-bond donors (Lipinski definition) is 1. The van der Waals surface area contributed by atoms with E-state index in [0.717, 1.165) is 25.7 Å². The minimum atomic E-state index is -0.377. The molecule has 1 N–H and O–H groups in total. The number of ether oxygens (including phenoxy) is 1. The maximum Gasteiger partial charge on any atom is 0.229 e. The molecule has 140 valence electrons. The molecule has 1 saturated carbocycles. The molecular formula is C18H23N3O4S. The summed E-state index contributed by atoms with van der Waals surface area (Å²) >= 11 is 1.23. The van der Waals surface area contributed by atoms with Crippen LogP contribution in [0.15, 0.2) is 0 Å². The molecule has 2 amide bonds. The first-order valence-electron chi connectivity index (χ1n) is 9.21. The van der Waals surface area contributed by atoms with Crippen molar-refractivity contribution in [3.05, 3.63) is 10.6 Å². The van der Waals surface area contributed by atoms with Gasteiger partial charge in [0.2, 0.25) is 11.8 Å². The van der Waals surface area contributed by atoms with E-state index in [0.29, 0.717) is 35.3 Å². The number of Topliss-reactive ketones (excluding diaryl/α,β-unsaturated/α-hetero) is 1. The lowest BCUT2D eigenvalue weighted by Crippen LogP contribution is -2.43. The molecule has 2 unspecified atom stereocenters. The number of aromatic nitrogens is 1. The average Bonchev–Trinajstić information content (AvgIpc) is 3.21. The number of likely N-dealkylation sites (N-methyl/N-ethyl adjacent to an activating group) is 1. The second-order valence-electron chi connectivity index (χ2n) is 7.41. The second kappa shape index (κ2) is 7.08. The topological polar surface area (TPSA) is 88.6 Å². The fraction of sp³-hybridized carbons (Fsp3) is 0.667. The standard InChI is InChI=1S/C18H23N3O4S/c1-21(12-5-6-25-9-12)17(24)11-7-13-15(14(22)8-11)26-18(19-13)20-16(23)10-3-2-4-10/h10-12H,2-9H2,1H3,(H,19,20,23). The van der Waals surface area contributed by atoms with Crippen LogP contribution in [0.4, 0.5) is 5.13 Å². The average molecular weight is 377 g/mol. The molecule has 3 aliphatic rings. The summed E-state index contributed by atoms with van der Waals surface area (Å²) in [5.74, 6) is -0.389. The van der Waals surface area contributed by atoms with Gasteiger partial charge >= 0.3 is 0 Å². The molecule has 2 heterocycles. The van der Waals surface area contributed by atoms with E-state index in [2.05, 4.69) is 10.3 Å². The highest BCUT2D eigenvalue weighted by Gasteiger charge is 2.37. The van der Waals surface area contributed by atoms with E-state index < -0.39 is 0 Å². The van der Waals surface area contributed by atoms with Crippen molar-refractivity contribution in [1.29, 1.82) is 0 Å². The molecule has 1 saturated heterocycles. The highest BCUT2D eigenvalue weighted by atomic mass is 32.1. The van der Waals surface area contributed by atoms with Gasteiger partial charge in [-0.25, -0.2) is 4.98 Å². The van der Waals surface area contributed by atoms with Crippen LogP contribution in [0.1, 0.15) is 47.5 Å². The van der Waals surface area contributed by atoms with Crippen molar-refractivity contribution >= 4 is 34.1 Å². The van der Waals surface area contributed by atoms with Crippen LogP contribution in [-0.2, 0) is 20.7 Å². The summed E-state index contributed by atoms with van der Waals surface area (Å²) in [4.78, 5) is 44.1. The van der Waals surface area contributed by atoms with Gasteiger partial charge in [0.15, 0.2) is 10.9 Å². The van der Waals surface area contributed by atoms with E-state index in [9.17, 15) is 14.4 Å². The van der Waals surface area contributed by atoms with E-state index >= 15 is 0 Å². The third-order valence-corrected chi connectivity index (χ3v) is 6.73. The van der Waals surface area contributed by atoms with Crippen LogP contribution in [0.25, 0.3) is 0 Å². The van der Waals surface area contributed by atoms with Crippen LogP contribution in [0.2, 0.25) is 0 Å². The molecule has 2 aliphatic carbocycles. The van der Waals surface area contributed by atoms with E-state index in [1.807, 2.05) is 0 Å². The molecule has 1 aromatic heterocycles. The Labute approximate surface area is 156 Å². The number of fused-ring (bicyclic) bond motifs is 1. The van der Waals surface area contributed by atoms with Crippen LogP contribution in [0.3, 0.4) is 0 Å². The summed E-state index contributed by atoms with van der Waals surface area (Å²) in [7, 11) is 1.78. The molecule has 1 aromatic rings. The Balaban J connectivity index is 1.44. The SMILES string of the molecule is CN(C(=O)C1CC(=O)c2sc(NC(=O)C3CCC3)nc2C1)C1CCOC1. The fourth-order valence-electron chi connectivity index (χ4n) is 3.73. The Morgan fingerprint density at radius 2 is 2.04 bits per heavy atom. The molecule has 2 fully saturated rings. The van der Waals surface area contributed by atoms with Gasteiger partial charge in [0.05, 0.1) is 29.1 Å². The lowest BCUT2D eigenvalue weighted by Gasteiger charge is -2.29. The third kappa shape index (κ3) is 3.27. The van der Waals surface area contributed by atoms with Gasteiger partial charge in [-0.05, 0) is 19.3 Å². The number of carbonyl (C=O) groups excluding carboxylic acids is 3. The van der Waals surface area contributed by atoms with Gasteiger partial charge in [-0.1, -0.05) is 17.8 Å². The Kier molecular flexibility index (Phi) is 4.79. The van der Waals surface area contributed by atoms with E-state index in [1.54, 1.807) is 11.9 Å². The summed E-state index contributed by atoms with van der Waals surface area (Å²) < 4.78 is 5.35. The highest BCUT2D eigenvalue weighted by molar-refractivity contribution is 7.17. The van der Waals surface area contributed by atoms with Gasteiger partial charge in [0, 0.05) is 32.4 Å². The number of nitrogens with zero attached hydrogens (tertiary/aromatic N) is 2. The first kappa shape index (κ1) is 17.6. The predicted molar refractivity (Wildman–Crippen MR) is 96.2 cm³/mol. The number of nitrogens with one attached hydrogen (secondary N) is 1. The summed E-state index contributed by atoms with van der Waals surface area (Å²) in [6, 6.07) is 0.0896. The summed E-state index contributed by atoms with van der Waals surface area (Å²) in [5.41, 5.74) is 0.643.